The molecule has 0 saturated heterocycles. The number of aromatic nitrogens is 2. The van der Waals surface area contributed by atoms with Gasteiger partial charge in [-0.3, -0.25) is 9.59 Å². The van der Waals surface area contributed by atoms with Crippen molar-refractivity contribution < 1.29 is 0 Å². The summed E-state index contributed by atoms with van der Waals surface area (Å²) in [5.74, 6) is 0. The lowest BCUT2D eigenvalue weighted by Crippen LogP contribution is -2.24. The molecular weight excluding hydrogens is 242 g/mol. The molecular formula is C14H17N3O2. The van der Waals surface area contributed by atoms with Crippen molar-refractivity contribution in [2.75, 3.05) is 5.73 Å². The summed E-state index contributed by atoms with van der Waals surface area (Å²) in [7, 11) is 0. The van der Waals surface area contributed by atoms with Crippen molar-refractivity contribution in [2.24, 2.45) is 0 Å². The lowest BCUT2D eigenvalue weighted by molar-refractivity contribution is 0.543. The Hall–Kier alpha value is -2.30. The first-order valence-electron chi connectivity index (χ1n) is 6.20. The van der Waals surface area contributed by atoms with Gasteiger partial charge in [0.05, 0.1) is 0 Å². The van der Waals surface area contributed by atoms with Gasteiger partial charge in [-0.15, -0.1) is 0 Å². The molecule has 0 unspecified atom stereocenters. The third-order valence-electron chi connectivity index (χ3n) is 3.01. The van der Waals surface area contributed by atoms with Crippen LogP contribution in [0.2, 0.25) is 0 Å². The van der Waals surface area contributed by atoms with Gasteiger partial charge in [-0.2, -0.15) is 0 Å². The highest BCUT2D eigenvalue weighted by Crippen LogP contribution is 1.98. The van der Waals surface area contributed by atoms with Crippen LogP contribution in [0.5, 0.6) is 0 Å². The van der Waals surface area contributed by atoms with Crippen LogP contribution < -0.4 is 16.9 Å². The Balaban J connectivity index is 2.04. The van der Waals surface area contributed by atoms with E-state index in [0.29, 0.717) is 25.2 Å². The Morgan fingerprint density at radius 1 is 1.11 bits per heavy atom. The predicted octanol–water partition coefficient (Wildman–Crippen LogP) is 0.991. The standard InChI is InChI=1S/C14H17N3O2/c1-11-4-2-7-16(14(11)19)8-3-9-17-10-12(15)5-6-13(17)18/h2,4-7,10H,3,8-9,15H2,1H3. The SMILES string of the molecule is Cc1cccn(CCCn2cc(N)ccc2=O)c1=O. The van der Waals surface area contributed by atoms with E-state index in [2.05, 4.69) is 0 Å². The largest absolute Gasteiger partial charge is 0.398 e. The first kappa shape index (κ1) is 13.1. The Bertz CT molecular complexity index is 684. The molecule has 2 heterocycles. The van der Waals surface area contributed by atoms with Gasteiger partial charge in [-0.25, -0.2) is 0 Å². The van der Waals surface area contributed by atoms with Crippen LogP contribution in [0.1, 0.15) is 12.0 Å². The topological polar surface area (TPSA) is 70.0 Å². The molecule has 0 fully saturated rings. The predicted molar refractivity (Wildman–Crippen MR) is 75.2 cm³/mol. The molecule has 100 valence electrons. The zero-order valence-corrected chi connectivity index (χ0v) is 10.9. The number of aryl methyl sites for hydroxylation is 3. The number of hydrogen-bond donors (Lipinski definition) is 1. The second-order valence-corrected chi connectivity index (χ2v) is 4.54. The van der Waals surface area contributed by atoms with Crippen molar-refractivity contribution in [1.82, 2.24) is 9.13 Å². The van der Waals surface area contributed by atoms with Crippen LogP contribution in [-0.4, -0.2) is 9.13 Å². The van der Waals surface area contributed by atoms with Gasteiger partial charge < -0.3 is 14.9 Å². The fourth-order valence-electron chi connectivity index (χ4n) is 1.97. The molecule has 0 amide bonds. The molecule has 0 aliphatic heterocycles. The molecule has 2 rings (SSSR count). The summed E-state index contributed by atoms with van der Waals surface area (Å²) < 4.78 is 3.23. The Morgan fingerprint density at radius 3 is 2.63 bits per heavy atom. The van der Waals surface area contributed by atoms with E-state index in [-0.39, 0.29) is 11.1 Å². The van der Waals surface area contributed by atoms with E-state index in [9.17, 15) is 9.59 Å². The van der Waals surface area contributed by atoms with Gasteiger partial charge >= 0.3 is 0 Å². The first-order chi connectivity index (χ1) is 9.08. The number of rotatable bonds is 4. The molecule has 0 aliphatic rings. The first-order valence-corrected chi connectivity index (χ1v) is 6.20. The van der Waals surface area contributed by atoms with Gasteiger partial charge in [-0.1, -0.05) is 6.07 Å². The van der Waals surface area contributed by atoms with Crippen LogP contribution in [0.15, 0.2) is 46.2 Å². The van der Waals surface area contributed by atoms with E-state index in [1.807, 2.05) is 6.07 Å². The highest BCUT2D eigenvalue weighted by atomic mass is 16.1. The minimum atomic E-state index is -0.0780. The van der Waals surface area contributed by atoms with Crippen LogP contribution in [0, 0.1) is 6.92 Å². The molecule has 0 bridgehead atoms. The third-order valence-corrected chi connectivity index (χ3v) is 3.01. The summed E-state index contributed by atoms with van der Waals surface area (Å²) in [5.41, 5.74) is 6.87. The third kappa shape index (κ3) is 3.13. The summed E-state index contributed by atoms with van der Waals surface area (Å²) in [4.78, 5) is 23.4. The molecule has 0 aromatic carbocycles. The Morgan fingerprint density at radius 2 is 1.84 bits per heavy atom. The number of nitrogens with two attached hydrogens (primary N) is 1. The second kappa shape index (κ2) is 5.56. The van der Waals surface area contributed by atoms with E-state index in [4.69, 9.17) is 5.73 Å². The van der Waals surface area contributed by atoms with Crippen LogP contribution in [0.4, 0.5) is 5.69 Å². The van der Waals surface area contributed by atoms with E-state index in [0.717, 1.165) is 5.56 Å². The van der Waals surface area contributed by atoms with Gasteiger partial charge in [0, 0.05) is 42.8 Å². The molecule has 2 N–H and O–H groups in total. The lowest BCUT2D eigenvalue weighted by Gasteiger charge is -2.08. The van der Waals surface area contributed by atoms with Gasteiger partial charge in [0.15, 0.2) is 0 Å². The molecule has 0 saturated carbocycles. The van der Waals surface area contributed by atoms with Gasteiger partial charge in [0.25, 0.3) is 11.1 Å². The molecule has 0 aliphatic carbocycles. The van der Waals surface area contributed by atoms with Crippen molar-refractivity contribution in [1.29, 1.82) is 0 Å². The Labute approximate surface area is 110 Å². The van der Waals surface area contributed by atoms with Crippen LogP contribution in [-0.2, 0) is 13.1 Å². The lowest BCUT2D eigenvalue weighted by atomic mass is 10.3. The maximum absolute atomic E-state index is 11.8. The molecule has 5 heteroatoms. The Kier molecular flexibility index (Phi) is 3.85. The number of hydrogen-bond acceptors (Lipinski definition) is 3. The number of anilines is 1. The van der Waals surface area contributed by atoms with Crippen molar-refractivity contribution in [3.63, 3.8) is 0 Å². The summed E-state index contributed by atoms with van der Waals surface area (Å²) in [6.07, 6.45) is 4.09. The van der Waals surface area contributed by atoms with Gasteiger partial charge in [-0.05, 0) is 25.5 Å². The highest BCUT2D eigenvalue weighted by Gasteiger charge is 2.00. The summed E-state index contributed by atoms with van der Waals surface area (Å²) in [6.45, 7) is 2.92. The average Bonchev–Trinajstić information content (AvgIpc) is 2.38. The van der Waals surface area contributed by atoms with Crippen molar-refractivity contribution in [3.8, 4) is 0 Å². The van der Waals surface area contributed by atoms with Crippen molar-refractivity contribution >= 4 is 5.69 Å². The molecule has 0 radical (unpaired) electrons. The summed E-state index contributed by atoms with van der Waals surface area (Å²) in [5, 5.41) is 0. The normalized spacial score (nSPS) is 10.6. The minimum Gasteiger partial charge on any atom is -0.398 e. The zero-order valence-electron chi connectivity index (χ0n) is 10.9. The molecule has 0 spiro atoms. The summed E-state index contributed by atoms with van der Waals surface area (Å²) in [6, 6.07) is 6.68. The fraction of sp³-hybridized carbons (Fsp3) is 0.286. The van der Waals surface area contributed by atoms with Gasteiger partial charge in [0.1, 0.15) is 0 Å². The number of pyridine rings is 2. The van der Waals surface area contributed by atoms with Gasteiger partial charge in [0.2, 0.25) is 0 Å². The molecule has 19 heavy (non-hydrogen) atoms. The smallest absolute Gasteiger partial charge is 0.253 e. The number of nitrogen functional groups attached to an aromatic ring is 1. The number of nitrogens with zero attached hydrogens (tertiary/aromatic N) is 2. The fourth-order valence-corrected chi connectivity index (χ4v) is 1.97. The maximum Gasteiger partial charge on any atom is 0.253 e. The second-order valence-electron chi connectivity index (χ2n) is 4.54. The van der Waals surface area contributed by atoms with Crippen LogP contribution in [0.3, 0.4) is 0 Å². The maximum atomic E-state index is 11.8. The van der Waals surface area contributed by atoms with E-state index in [1.54, 1.807) is 40.6 Å². The monoisotopic (exact) mass is 259 g/mol. The zero-order chi connectivity index (χ0) is 13.8. The van der Waals surface area contributed by atoms with E-state index >= 15 is 0 Å². The molecule has 5 nitrogen and oxygen atoms in total. The highest BCUT2D eigenvalue weighted by molar-refractivity contribution is 5.33. The average molecular weight is 259 g/mol. The van der Waals surface area contributed by atoms with Crippen LogP contribution in [0.25, 0.3) is 0 Å². The van der Waals surface area contributed by atoms with E-state index in [1.165, 1.54) is 6.07 Å². The molecule has 0 atom stereocenters. The summed E-state index contributed by atoms with van der Waals surface area (Å²) >= 11 is 0. The molecule has 2 aromatic heterocycles. The van der Waals surface area contributed by atoms with Crippen molar-refractivity contribution in [3.05, 3.63) is 62.9 Å². The molecule has 2 aromatic rings. The quantitative estimate of drug-likeness (QED) is 0.890. The van der Waals surface area contributed by atoms with Crippen molar-refractivity contribution in [2.45, 2.75) is 26.4 Å². The minimum absolute atomic E-state index is 0.0161. The van der Waals surface area contributed by atoms with E-state index < -0.39 is 0 Å². The van der Waals surface area contributed by atoms with Crippen LogP contribution >= 0.6 is 0 Å².